The van der Waals surface area contributed by atoms with Crippen molar-refractivity contribution < 1.29 is 10.0 Å². The molecule has 3 heterocycles. The first kappa shape index (κ1) is 26.7. The number of aromatic nitrogens is 1. The van der Waals surface area contributed by atoms with Crippen LogP contribution in [0.2, 0.25) is 0 Å². The highest BCUT2D eigenvalue weighted by atomic mass is 35.5. The molecule has 2 aliphatic heterocycles. The monoisotopic (exact) mass is 482 g/mol. The van der Waals surface area contributed by atoms with Crippen LogP contribution in [0.15, 0.2) is 24.3 Å². The van der Waals surface area contributed by atoms with Gasteiger partial charge in [-0.25, -0.2) is 5.48 Å². The van der Waals surface area contributed by atoms with E-state index in [1.807, 2.05) is 0 Å². The van der Waals surface area contributed by atoms with E-state index in [0.717, 1.165) is 44.7 Å². The minimum atomic E-state index is -0.509. The van der Waals surface area contributed by atoms with Crippen LogP contribution < -0.4 is 5.48 Å². The van der Waals surface area contributed by atoms with E-state index < -0.39 is 5.91 Å². The Bertz CT molecular complexity index is 922. The average Bonchev–Trinajstić information content (AvgIpc) is 3.09. The molecule has 4 rings (SSSR count). The number of carbonyl (C=O) groups excluding carboxylic acids is 1. The van der Waals surface area contributed by atoms with Gasteiger partial charge in [-0.15, -0.1) is 24.8 Å². The number of likely N-dealkylation sites (tertiary alicyclic amines) is 1. The number of hydroxylamine groups is 1. The summed E-state index contributed by atoms with van der Waals surface area (Å²) in [5, 5.41) is 10.0. The zero-order valence-electron chi connectivity index (χ0n) is 18.9. The van der Waals surface area contributed by atoms with Crippen molar-refractivity contribution in [2.24, 2.45) is 0 Å². The fraction of sp³-hybridized carbons (Fsp3) is 0.542. The fourth-order valence-electron chi connectivity index (χ4n) is 5.02. The van der Waals surface area contributed by atoms with Gasteiger partial charge in [-0.2, -0.15) is 0 Å². The van der Waals surface area contributed by atoms with Crippen molar-refractivity contribution in [1.29, 1.82) is 0 Å². The summed E-state index contributed by atoms with van der Waals surface area (Å²) in [6, 6.07) is 6.46. The van der Waals surface area contributed by atoms with Gasteiger partial charge < -0.3 is 9.47 Å². The van der Waals surface area contributed by atoms with E-state index in [-0.39, 0.29) is 24.8 Å². The van der Waals surface area contributed by atoms with E-state index in [1.165, 1.54) is 67.0 Å². The van der Waals surface area contributed by atoms with Gasteiger partial charge in [0, 0.05) is 55.3 Å². The molecule has 6 nitrogen and oxygen atoms in total. The standard InChI is InChI=1S/C24H34N4O2.2ClH/c1-2-11-27-14-10-23-21(18-27)20-17-19(7-9-24(29)25-30)6-8-22(20)28(23)16-15-26-12-4-3-5-13-26;;/h6-9,17,30H,2-5,10-16,18H2,1H3,(H,25,29);2*1H/b9-7+;;. The number of fused-ring (bicyclic) bond motifs is 3. The summed E-state index contributed by atoms with van der Waals surface area (Å²) in [4.78, 5) is 16.5. The molecule has 0 spiro atoms. The molecular weight excluding hydrogens is 447 g/mol. The van der Waals surface area contributed by atoms with Crippen LogP contribution in [-0.2, 0) is 24.3 Å². The normalized spacial score (nSPS) is 17.1. The maximum atomic E-state index is 11.4. The minimum Gasteiger partial charge on any atom is -0.343 e. The predicted octanol–water partition coefficient (Wildman–Crippen LogP) is 4.26. The number of carbonyl (C=O) groups is 1. The molecule has 178 valence electrons. The van der Waals surface area contributed by atoms with E-state index >= 15 is 0 Å². The fourth-order valence-corrected chi connectivity index (χ4v) is 5.02. The van der Waals surface area contributed by atoms with Crippen molar-refractivity contribution in [2.75, 3.05) is 32.7 Å². The quantitative estimate of drug-likeness (QED) is 0.351. The zero-order chi connectivity index (χ0) is 20.9. The summed E-state index contributed by atoms with van der Waals surface area (Å²) in [6.07, 6.45) is 9.42. The molecule has 0 bridgehead atoms. The first-order valence-corrected chi connectivity index (χ1v) is 11.4. The first-order chi connectivity index (χ1) is 14.7. The predicted molar refractivity (Wildman–Crippen MR) is 135 cm³/mol. The maximum Gasteiger partial charge on any atom is 0.267 e. The molecule has 2 N–H and O–H groups in total. The van der Waals surface area contributed by atoms with Gasteiger partial charge >= 0.3 is 0 Å². The molecular formula is C24H36Cl2N4O2. The van der Waals surface area contributed by atoms with E-state index in [2.05, 4.69) is 39.5 Å². The van der Waals surface area contributed by atoms with Gasteiger partial charge in [0.05, 0.1) is 0 Å². The first-order valence-electron chi connectivity index (χ1n) is 11.4. The van der Waals surface area contributed by atoms with E-state index in [9.17, 15) is 4.79 Å². The van der Waals surface area contributed by atoms with Crippen molar-refractivity contribution >= 4 is 47.7 Å². The van der Waals surface area contributed by atoms with Gasteiger partial charge in [0.2, 0.25) is 0 Å². The second kappa shape index (κ2) is 12.6. The van der Waals surface area contributed by atoms with Gasteiger partial charge in [-0.3, -0.25) is 14.9 Å². The van der Waals surface area contributed by atoms with Gasteiger partial charge in [0.1, 0.15) is 0 Å². The van der Waals surface area contributed by atoms with Crippen LogP contribution in [-0.4, -0.2) is 58.2 Å². The molecule has 8 heteroatoms. The van der Waals surface area contributed by atoms with Crippen molar-refractivity contribution in [3.8, 4) is 0 Å². The molecule has 1 aromatic carbocycles. The Morgan fingerprint density at radius 1 is 1.06 bits per heavy atom. The van der Waals surface area contributed by atoms with Crippen molar-refractivity contribution in [3.63, 3.8) is 0 Å². The summed E-state index contributed by atoms with van der Waals surface area (Å²) in [6.45, 7) is 10.1. The van der Waals surface area contributed by atoms with Crippen LogP contribution >= 0.6 is 24.8 Å². The third-order valence-electron chi connectivity index (χ3n) is 6.52. The second-order valence-corrected chi connectivity index (χ2v) is 8.59. The Balaban J connectivity index is 0.00000181. The highest BCUT2D eigenvalue weighted by molar-refractivity contribution is 5.93. The Morgan fingerprint density at radius 3 is 2.56 bits per heavy atom. The number of halogens is 2. The smallest absolute Gasteiger partial charge is 0.267 e. The molecule has 0 saturated carbocycles. The number of amides is 1. The van der Waals surface area contributed by atoms with Crippen molar-refractivity contribution in [2.45, 2.75) is 52.1 Å². The van der Waals surface area contributed by atoms with Crippen LogP contribution in [0.5, 0.6) is 0 Å². The lowest BCUT2D eigenvalue weighted by Crippen LogP contribution is -2.34. The molecule has 0 atom stereocenters. The highest BCUT2D eigenvalue weighted by Crippen LogP contribution is 2.32. The molecule has 32 heavy (non-hydrogen) atoms. The molecule has 1 aromatic heterocycles. The molecule has 1 amide bonds. The van der Waals surface area contributed by atoms with Crippen molar-refractivity contribution in [1.82, 2.24) is 19.8 Å². The number of piperidine rings is 1. The maximum absolute atomic E-state index is 11.4. The third-order valence-corrected chi connectivity index (χ3v) is 6.52. The molecule has 0 radical (unpaired) electrons. The summed E-state index contributed by atoms with van der Waals surface area (Å²) in [7, 11) is 0. The van der Waals surface area contributed by atoms with Crippen LogP contribution in [0.1, 0.15) is 49.4 Å². The number of benzene rings is 1. The number of rotatable bonds is 7. The summed E-state index contributed by atoms with van der Waals surface area (Å²) < 4.78 is 2.55. The van der Waals surface area contributed by atoms with Crippen molar-refractivity contribution in [3.05, 3.63) is 41.1 Å². The van der Waals surface area contributed by atoms with Crippen LogP contribution in [0.3, 0.4) is 0 Å². The number of hydrogen-bond acceptors (Lipinski definition) is 4. The van der Waals surface area contributed by atoms with E-state index in [4.69, 9.17) is 5.21 Å². The number of nitrogens with one attached hydrogen (secondary N) is 1. The second-order valence-electron chi connectivity index (χ2n) is 8.59. The Kier molecular flexibility index (Phi) is 10.5. The molecule has 2 aromatic rings. The lowest BCUT2D eigenvalue weighted by molar-refractivity contribution is -0.124. The lowest BCUT2D eigenvalue weighted by atomic mass is 10.0. The molecule has 0 unspecified atom stereocenters. The molecule has 2 aliphatic rings. The summed E-state index contributed by atoms with van der Waals surface area (Å²) >= 11 is 0. The van der Waals surface area contributed by atoms with Gasteiger partial charge in [0.15, 0.2) is 0 Å². The van der Waals surface area contributed by atoms with Crippen LogP contribution in [0.25, 0.3) is 17.0 Å². The highest BCUT2D eigenvalue weighted by Gasteiger charge is 2.24. The van der Waals surface area contributed by atoms with Gasteiger partial charge in [-0.05, 0) is 68.2 Å². The average molecular weight is 483 g/mol. The topological polar surface area (TPSA) is 60.7 Å². The summed E-state index contributed by atoms with van der Waals surface area (Å²) in [5.74, 6) is -0.509. The molecule has 1 saturated heterocycles. The van der Waals surface area contributed by atoms with Gasteiger partial charge in [-0.1, -0.05) is 19.4 Å². The lowest BCUT2D eigenvalue weighted by Gasteiger charge is -2.29. The Hall–Kier alpha value is -1.57. The largest absolute Gasteiger partial charge is 0.343 e. The zero-order valence-corrected chi connectivity index (χ0v) is 20.5. The third kappa shape index (κ3) is 6.06. The number of nitrogens with zero attached hydrogens (tertiary/aromatic N) is 3. The number of hydrogen-bond donors (Lipinski definition) is 2. The van der Waals surface area contributed by atoms with Gasteiger partial charge in [0.25, 0.3) is 5.91 Å². The van der Waals surface area contributed by atoms with Crippen LogP contribution in [0.4, 0.5) is 0 Å². The molecule has 0 aliphatic carbocycles. The SMILES string of the molecule is CCCN1CCc2c(c3cc(/C=C/C(=O)NO)ccc3n2CCN2CCCCC2)C1.Cl.Cl. The van der Waals surface area contributed by atoms with E-state index in [1.54, 1.807) is 11.6 Å². The Labute approximate surface area is 203 Å². The Morgan fingerprint density at radius 2 is 1.84 bits per heavy atom. The minimum absolute atomic E-state index is 0. The summed E-state index contributed by atoms with van der Waals surface area (Å²) in [5.41, 5.74) is 6.88. The molecule has 1 fully saturated rings. The van der Waals surface area contributed by atoms with Crippen LogP contribution in [0, 0.1) is 0 Å². The van der Waals surface area contributed by atoms with E-state index in [0.29, 0.717) is 0 Å².